The lowest BCUT2D eigenvalue weighted by Crippen LogP contribution is -2.57. The third-order valence-corrected chi connectivity index (χ3v) is 8.64. The van der Waals surface area contributed by atoms with Crippen LogP contribution in [0.3, 0.4) is 0 Å². The van der Waals surface area contributed by atoms with Gasteiger partial charge in [0.2, 0.25) is 0 Å². The molecule has 2 aromatic carbocycles. The molecule has 0 saturated carbocycles. The van der Waals surface area contributed by atoms with E-state index in [4.69, 9.17) is 42.0 Å². The van der Waals surface area contributed by atoms with Crippen molar-refractivity contribution in [3.8, 4) is 23.1 Å². The zero-order chi connectivity index (χ0) is 35.8. The molecule has 4 N–H and O–H groups in total. The minimum absolute atomic E-state index is 0.0477. The Labute approximate surface area is 291 Å². The van der Waals surface area contributed by atoms with Crippen molar-refractivity contribution in [1.82, 2.24) is 29.1 Å². The molecule has 4 aromatic rings. The molecule has 1 atom stereocenters. The summed E-state index contributed by atoms with van der Waals surface area (Å²) < 4.78 is 27.3. The summed E-state index contributed by atoms with van der Waals surface area (Å²) in [4.78, 5) is 49.1. The van der Waals surface area contributed by atoms with E-state index in [0.717, 1.165) is 5.56 Å². The molecular formula is C33H35ClFN9O6. The van der Waals surface area contributed by atoms with E-state index in [1.54, 1.807) is 62.0 Å². The molecule has 262 valence electrons. The van der Waals surface area contributed by atoms with E-state index in [-0.39, 0.29) is 41.9 Å². The normalized spacial score (nSPS) is 15.9. The largest absolute Gasteiger partial charge is 0.483 e. The number of halogens is 2. The molecule has 0 bridgehead atoms. The first-order chi connectivity index (χ1) is 24.2. The van der Waals surface area contributed by atoms with Crippen LogP contribution in [0.1, 0.15) is 15.9 Å². The number of amides is 3. The van der Waals surface area contributed by atoms with E-state index < -0.39 is 5.82 Å². The van der Waals surface area contributed by atoms with Crippen LogP contribution in [0.5, 0.6) is 5.75 Å². The van der Waals surface area contributed by atoms with E-state index >= 15 is 0 Å². The number of hydrogen-bond donors (Lipinski definition) is 3. The van der Waals surface area contributed by atoms with Gasteiger partial charge in [0.25, 0.3) is 12.4 Å². The van der Waals surface area contributed by atoms with Crippen LogP contribution in [-0.4, -0.2) is 118 Å². The van der Waals surface area contributed by atoms with Crippen LogP contribution in [-0.2, 0) is 9.53 Å². The molecule has 0 radical (unpaired) electrons. The molecule has 6 rings (SSSR count). The first-order valence-electron chi connectivity index (χ1n) is 15.6. The van der Waals surface area contributed by atoms with Gasteiger partial charge in [0.1, 0.15) is 6.07 Å². The molecule has 17 heteroatoms. The third-order valence-electron chi connectivity index (χ3n) is 8.27. The van der Waals surface area contributed by atoms with Gasteiger partial charge in [-0.3, -0.25) is 14.0 Å². The molecule has 2 saturated heterocycles. The van der Waals surface area contributed by atoms with Gasteiger partial charge in [-0.2, -0.15) is 5.26 Å². The van der Waals surface area contributed by atoms with Gasteiger partial charge >= 0.3 is 6.03 Å². The Kier molecular flexibility index (Phi) is 11.6. The van der Waals surface area contributed by atoms with Gasteiger partial charge in [0.05, 0.1) is 29.6 Å². The Hall–Kier alpha value is -5.50. The smallest absolute Gasteiger partial charge is 0.320 e. The molecular weight excluding hydrogens is 673 g/mol. The van der Waals surface area contributed by atoms with Crippen molar-refractivity contribution in [3.63, 3.8) is 0 Å². The second kappa shape index (κ2) is 16.3. The first-order valence-corrected chi connectivity index (χ1v) is 16.0. The Balaban J connectivity index is 0.00000156. The maximum absolute atomic E-state index is 14.9. The average Bonchev–Trinajstić information content (AvgIpc) is 3.57. The highest BCUT2D eigenvalue weighted by Gasteiger charge is 2.31. The van der Waals surface area contributed by atoms with Gasteiger partial charge in [0.15, 0.2) is 29.6 Å². The third kappa shape index (κ3) is 7.70. The molecule has 4 heterocycles. The van der Waals surface area contributed by atoms with Gasteiger partial charge < -0.3 is 40.3 Å². The van der Waals surface area contributed by atoms with E-state index in [1.165, 1.54) is 6.07 Å². The number of nitrogens with two attached hydrogens (primary N) is 1. The summed E-state index contributed by atoms with van der Waals surface area (Å²) in [7, 11) is 0. The number of aryl methyl sites for hydroxylation is 1. The van der Waals surface area contributed by atoms with Crippen molar-refractivity contribution < 1.29 is 33.4 Å². The number of fused-ring (bicyclic) bond motifs is 1. The van der Waals surface area contributed by atoms with E-state index in [2.05, 4.69) is 15.3 Å². The summed E-state index contributed by atoms with van der Waals surface area (Å²) in [6, 6.07) is 10.2. The molecule has 2 fully saturated rings. The van der Waals surface area contributed by atoms with Crippen LogP contribution >= 0.6 is 11.6 Å². The van der Waals surface area contributed by atoms with Crippen molar-refractivity contribution in [2.24, 2.45) is 5.73 Å². The zero-order valence-electron chi connectivity index (χ0n) is 27.1. The number of anilines is 2. The Morgan fingerprint density at radius 1 is 1.18 bits per heavy atom. The number of morpholine rings is 1. The van der Waals surface area contributed by atoms with Gasteiger partial charge in [0, 0.05) is 75.0 Å². The number of benzene rings is 2. The van der Waals surface area contributed by atoms with Crippen LogP contribution in [0.15, 0.2) is 48.9 Å². The highest BCUT2D eigenvalue weighted by atomic mass is 35.5. The lowest BCUT2D eigenvalue weighted by Gasteiger charge is -2.40. The number of nitriles is 1. The summed E-state index contributed by atoms with van der Waals surface area (Å²) in [5.41, 5.74) is 9.17. The van der Waals surface area contributed by atoms with E-state index in [1.807, 2.05) is 13.0 Å². The number of ether oxygens (including phenoxy) is 2. The number of carbonyl (C=O) groups excluding carboxylic acids is 2. The lowest BCUT2D eigenvalue weighted by molar-refractivity contribution is -0.122. The maximum atomic E-state index is 14.9. The Morgan fingerprint density at radius 2 is 1.92 bits per heavy atom. The predicted octanol–water partition coefficient (Wildman–Crippen LogP) is 3.38. The van der Waals surface area contributed by atoms with E-state index in [0.29, 0.717) is 86.4 Å². The number of rotatable bonds is 7. The molecule has 2 aromatic heterocycles. The molecule has 2 aliphatic rings. The SMILES string of the molecule is Cc1cc(Nc2nccn3c(-c4ccc(OCC#N)c(F)c4Cl)cnc23)ccc1C(=O)N1CCN(C(=O)N2CCO[C@H](CN)C2)CC1.O=CO. The fraction of sp³-hybridized carbons (Fsp3) is 0.333. The van der Waals surface area contributed by atoms with Crippen LogP contribution in [0.25, 0.3) is 16.9 Å². The van der Waals surface area contributed by atoms with Crippen LogP contribution in [0.2, 0.25) is 5.02 Å². The van der Waals surface area contributed by atoms with Gasteiger partial charge in [-0.05, 0) is 42.8 Å². The minimum atomic E-state index is -0.767. The fourth-order valence-electron chi connectivity index (χ4n) is 5.78. The minimum Gasteiger partial charge on any atom is -0.483 e. The van der Waals surface area contributed by atoms with Crippen molar-refractivity contribution in [2.75, 3.05) is 64.3 Å². The molecule has 0 aliphatic carbocycles. The van der Waals surface area contributed by atoms with Gasteiger partial charge in [-0.15, -0.1) is 0 Å². The van der Waals surface area contributed by atoms with Crippen LogP contribution in [0, 0.1) is 24.1 Å². The molecule has 0 unspecified atom stereocenters. The van der Waals surface area contributed by atoms with Crippen molar-refractivity contribution in [2.45, 2.75) is 13.0 Å². The number of carbonyl (C=O) groups is 3. The van der Waals surface area contributed by atoms with Crippen LogP contribution in [0.4, 0.5) is 20.7 Å². The number of nitrogens with one attached hydrogen (secondary N) is 1. The number of aromatic nitrogens is 3. The number of carboxylic acid groups (broad SMARTS) is 1. The van der Waals surface area contributed by atoms with Crippen molar-refractivity contribution >= 4 is 47.2 Å². The Bertz CT molecular complexity index is 1910. The second-order valence-corrected chi connectivity index (χ2v) is 11.7. The van der Waals surface area contributed by atoms with E-state index in [9.17, 15) is 14.0 Å². The van der Waals surface area contributed by atoms with Gasteiger partial charge in [-0.1, -0.05) is 11.6 Å². The summed E-state index contributed by atoms with van der Waals surface area (Å²) in [5, 5.41) is 18.7. The number of urea groups is 1. The molecule has 50 heavy (non-hydrogen) atoms. The zero-order valence-corrected chi connectivity index (χ0v) is 27.8. The predicted molar refractivity (Wildman–Crippen MR) is 181 cm³/mol. The Morgan fingerprint density at radius 3 is 2.62 bits per heavy atom. The second-order valence-electron chi connectivity index (χ2n) is 11.3. The standard InChI is InChI=1S/C32H33ClFN9O4.CH2O2/c1-20-16-21(2-3-23(20)31(44)40-9-11-41(12-10-40)32(45)42-13-15-46-22(17-36)19-42)39-29-30-38-18-25(43(30)8-7-37-29)24-4-5-26(47-14-6-35)28(34)27(24)33;2-1-3/h2-5,7-8,16,18,22H,9-15,17,19,36H2,1H3,(H,37,39);1H,(H,2,3)/t22-;/m1./s1. The molecule has 0 spiro atoms. The lowest BCUT2D eigenvalue weighted by atomic mass is 10.1. The summed E-state index contributed by atoms with van der Waals surface area (Å²) in [6.07, 6.45) is 4.69. The monoisotopic (exact) mass is 707 g/mol. The number of piperazine rings is 1. The molecule has 2 aliphatic heterocycles. The molecule has 3 amide bonds. The quantitative estimate of drug-likeness (QED) is 0.239. The van der Waals surface area contributed by atoms with Crippen molar-refractivity contribution in [3.05, 3.63) is 70.9 Å². The molecule has 15 nitrogen and oxygen atoms in total. The number of nitrogens with zero attached hydrogens (tertiary/aromatic N) is 7. The highest BCUT2D eigenvalue weighted by molar-refractivity contribution is 6.33. The fourth-order valence-corrected chi connectivity index (χ4v) is 6.04. The first kappa shape index (κ1) is 35.8. The highest BCUT2D eigenvalue weighted by Crippen LogP contribution is 2.36. The summed E-state index contributed by atoms with van der Waals surface area (Å²) in [6.45, 7) is 4.93. The van der Waals surface area contributed by atoms with Crippen LogP contribution < -0.4 is 15.8 Å². The summed E-state index contributed by atoms with van der Waals surface area (Å²) in [5.74, 6) is -0.530. The van der Waals surface area contributed by atoms with Crippen molar-refractivity contribution in [1.29, 1.82) is 5.26 Å². The number of hydrogen-bond acceptors (Lipinski definition) is 10. The maximum Gasteiger partial charge on any atom is 0.320 e. The van der Waals surface area contributed by atoms with Gasteiger partial charge in [-0.25, -0.2) is 19.2 Å². The topological polar surface area (TPSA) is 192 Å². The average molecular weight is 708 g/mol. The summed E-state index contributed by atoms with van der Waals surface area (Å²) >= 11 is 6.35. The number of imidazole rings is 1.